The minimum Gasteiger partial charge on any atom is -0.314 e. The molecular formula is C11H16FN3. The maximum absolute atomic E-state index is 13.0. The molecule has 1 aromatic rings. The molecule has 1 aromatic heterocycles. The smallest absolute Gasteiger partial charge is 0.109 e. The molecule has 0 aliphatic carbocycles. The van der Waals surface area contributed by atoms with E-state index in [0.29, 0.717) is 0 Å². The monoisotopic (exact) mass is 209 g/mol. The second-order valence-corrected chi connectivity index (χ2v) is 3.74. The van der Waals surface area contributed by atoms with Crippen molar-refractivity contribution in [1.29, 1.82) is 0 Å². The summed E-state index contributed by atoms with van der Waals surface area (Å²) in [4.78, 5) is 6.14. The first-order chi connectivity index (χ1) is 7.42. The van der Waals surface area contributed by atoms with E-state index < -0.39 is 0 Å². The Hall–Kier alpha value is -1.00. The maximum Gasteiger partial charge on any atom is 0.109 e. The zero-order chi connectivity index (χ0) is 10.5. The number of aromatic nitrogens is 1. The van der Waals surface area contributed by atoms with Gasteiger partial charge in [0.15, 0.2) is 0 Å². The van der Waals surface area contributed by atoms with Gasteiger partial charge in [0, 0.05) is 38.6 Å². The molecule has 0 unspecified atom stereocenters. The summed E-state index contributed by atoms with van der Waals surface area (Å²) in [6.45, 7) is 3.39. The lowest BCUT2D eigenvalue weighted by Crippen LogP contribution is -2.45. The lowest BCUT2D eigenvalue weighted by Gasteiger charge is -2.33. The SMILES string of the molecule is FC[C@H](c1ccncc1)N1CCNCC1. The highest BCUT2D eigenvalue weighted by Crippen LogP contribution is 2.20. The first-order valence-corrected chi connectivity index (χ1v) is 5.32. The quantitative estimate of drug-likeness (QED) is 0.805. The van der Waals surface area contributed by atoms with Gasteiger partial charge in [-0.1, -0.05) is 0 Å². The van der Waals surface area contributed by atoms with Crippen molar-refractivity contribution >= 4 is 0 Å². The molecule has 0 aromatic carbocycles. The summed E-state index contributed by atoms with van der Waals surface area (Å²) in [5.41, 5.74) is 1.02. The van der Waals surface area contributed by atoms with E-state index >= 15 is 0 Å². The minimum absolute atomic E-state index is 0.102. The van der Waals surface area contributed by atoms with Gasteiger partial charge < -0.3 is 5.32 Å². The second kappa shape index (κ2) is 5.19. The van der Waals surface area contributed by atoms with Crippen LogP contribution in [0.5, 0.6) is 0 Å². The van der Waals surface area contributed by atoms with Crippen molar-refractivity contribution in [2.45, 2.75) is 6.04 Å². The van der Waals surface area contributed by atoms with Gasteiger partial charge in [-0.05, 0) is 17.7 Å². The maximum atomic E-state index is 13.0. The fourth-order valence-electron chi connectivity index (χ4n) is 1.98. The van der Waals surface area contributed by atoms with Gasteiger partial charge in [-0.15, -0.1) is 0 Å². The summed E-state index contributed by atoms with van der Waals surface area (Å²) in [7, 11) is 0. The highest BCUT2D eigenvalue weighted by atomic mass is 19.1. The van der Waals surface area contributed by atoms with Gasteiger partial charge in [-0.2, -0.15) is 0 Å². The van der Waals surface area contributed by atoms with Crippen LogP contribution in [0.25, 0.3) is 0 Å². The van der Waals surface area contributed by atoms with Crippen LogP contribution in [0.4, 0.5) is 4.39 Å². The van der Waals surface area contributed by atoms with Crippen LogP contribution in [-0.4, -0.2) is 42.7 Å². The number of alkyl halides is 1. The Morgan fingerprint density at radius 3 is 2.60 bits per heavy atom. The Morgan fingerprint density at radius 2 is 2.00 bits per heavy atom. The summed E-state index contributed by atoms with van der Waals surface area (Å²) in [5, 5.41) is 3.27. The van der Waals surface area contributed by atoms with Gasteiger partial charge in [0.25, 0.3) is 0 Å². The molecule has 15 heavy (non-hydrogen) atoms. The van der Waals surface area contributed by atoms with E-state index in [1.165, 1.54) is 0 Å². The number of pyridine rings is 1. The van der Waals surface area contributed by atoms with E-state index in [1.54, 1.807) is 12.4 Å². The lowest BCUT2D eigenvalue weighted by atomic mass is 10.1. The van der Waals surface area contributed by atoms with Crippen molar-refractivity contribution in [3.8, 4) is 0 Å². The number of hydrogen-bond acceptors (Lipinski definition) is 3. The van der Waals surface area contributed by atoms with Crippen LogP contribution in [0.2, 0.25) is 0 Å². The predicted molar refractivity (Wildman–Crippen MR) is 57.4 cm³/mol. The van der Waals surface area contributed by atoms with Crippen LogP contribution < -0.4 is 5.32 Å². The Balaban J connectivity index is 2.09. The third-order valence-electron chi connectivity index (χ3n) is 2.83. The second-order valence-electron chi connectivity index (χ2n) is 3.74. The van der Waals surface area contributed by atoms with Crippen molar-refractivity contribution in [3.05, 3.63) is 30.1 Å². The van der Waals surface area contributed by atoms with Gasteiger partial charge in [-0.3, -0.25) is 9.88 Å². The molecule has 4 heteroatoms. The Morgan fingerprint density at radius 1 is 1.33 bits per heavy atom. The summed E-state index contributed by atoms with van der Waals surface area (Å²) >= 11 is 0. The number of rotatable bonds is 3. The number of nitrogens with zero attached hydrogens (tertiary/aromatic N) is 2. The average Bonchev–Trinajstić information content (AvgIpc) is 2.33. The van der Waals surface area contributed by atoms with Crippen molar-refractivity contribution in [1.82, 2.24) is 15.2 Å². The molecule has 2 rings (SSSR count). The van der Waals surface area contributed by atoms with E-state index in [9.17, 15) is 4.39 Å². The van der Waals surface area contributed by atoms with E-state index in [2.05, 4.69) is 15.2 Å². The Kier molecular flexibility index (Phi) is 3.64. The fraction of sp³-hybridized carbons (Fsp3) is 0.545. The first kappa shape index (κ1) is 10.5. The lowest BCUT2D eigenvalue weighted by molar-refractivity contribution is 0.147. The molecular weight excluding hydrogens is 193 g/mol. The molecule has 1 aliphatic rings. The topological polar surface area (TPSA) is 28.2 Å². The van der Waals surface area contributed by atoms with E-state index in [0.717, 1.165) is 31.7 Å². The van der Waals surface area contributed by atoms with Crippen LogP contribution in [0.15, 0.2) is 24.5 Å². The first-order valence-electron chi connectivity index (χ1n) is 5.32. The van der Waals surface area contributed by atoms with E-state index in [4.69, 9.17) is 0 Å². The fourth-order valence-corrected chi connectivity index (χ4v) is 1.98. The molecule has 82 valence electrons. The van der Waals surface area contributed by atoms with Crippen LogP contribution in [0.1, 0.15) is 11.6 Å². The van der Waals surface area contributed by atoms with Crippen molar-refractivity contribution in [3.63, 3.8) is 0 Å². The van der Waals surface area contributed by atoms with Crippen molar-refractivity contribution in [2.75, 3.05) is 32.9 Å². The molecule has 0 saturated carbocycles. The van der Waals surface area contributed by atoms with Gasteiger partial charge >= 0.3 is 0 Å². The van der Waals surface area contributed by atoms with E-state index in [1.807, 2.05) is 12.1 Å². The Bertz CT molecular complexity index is 285. The number of halogens is 1. The van der Waals surface area contributed by atoms with Gasteiger partial charge in [0.2, 0.25) is 0 Å². The van der Waals surface area contributed by atoms with E-state index in [-0.39, 0.29) is 12.7 Å². The molecule has 0 bridgehead atoms. The summed E-state index contributed by atoms with van der Waals surface area (Å²) in [6, 6.07) is 3.69. The highest BCUT2D eigenvalue weighted by Gasteiger charge is 2.21. The van der Waals surface area contributed by atoms with Crippen molar-refractivity contribution in [2.24, 2.45) is 0 Å². The zero-order valence-corrected chi connectivity index (χ0v) is 8.69. The molecule has 0 amide bonds. The third kappa shape index (κ3) is 2.52. The normalized spacial score (nSPS) is 20.1. The van der Waals surface area contributed by atoms with Crippen LogP contribution in [0, 0.1) is 0 Å². The third-order valence-corrected chi connectivity index (χ3v) is 2.83. The highest BCUT2D eigenvalue weighted by molar-refractivity contribution is 5.15. The van der Waals surface area contributed by atoms with Crippen LogP contribution in [-0.2, 0) is 0 Å². The minimum atomic E-state index is -0.329. The molecule has 1 N–H and O–H groups in total. The average molecular weight is 209 g/mol. The summed E-state index contributed by atoms with van der Waals surface area (Å²) < 4.78 is 13.0. The molecule has 1 atom stereocenters. The molecule has 3 nitrogen and oxygen atoms in total. The Labute approximate surface area is 89.3 Å². The molecule has 2 heterocycles. The molecule has 1 aliphatic heterocycles. The number of piperazine rings is 1. The molecule has 0 spiro atoms. The van der Waals surface area contributed by atoms with Crippen LogP contribution >= 0.6 is 0 Å². The summed E-state index contributed by atoms with van der Waals surface area (Å²) in [5.74, 6) is 0. The predicted octanol–water partition coefficient (Wildman–Crippen LogP) is 0.997. The standard InChI is InChI=1S/C11H16FN3/c12-9-11(10-1-3-13-4-2-10)15-7-5-14-6-8-15/h1-4,11,14H,5-9H2/t11-/m1/s1. The summed E-state index contributed by atoms with van der Waals surface area (Å²) in [6.07, 6.45) is 3.44. The zero-order valence-electron chi connectivity index (χ0n) is 8.69. The molecule has 0 radical (unpaired) electrons. The molecule has 1 saturated heterocycles. The van der Waals surface area contributed by atoms with Gasteiger partial charge in [-0.25, -0.2) is 4.39 Å². The van der Waals surface area contributed by atoms with Crippen molar-refractivity contribution < 1.29 is 4.39 Å². The largest absolute Gasteiger partial charge is 0.314 e. The molecule has 1 fully saturated rings. The van der Waals surface area contributed by atoms with Gasteiger partial charge in [0.05, 0.1) is 6.04 Å². The van der Waals surface area contributed by atoms with Gasteiger partial charge in [0.1, 0.15) is 6.67 Å². The number of hydrogen-bond donors (Lipinski definition) is 1. The van der Waals surface area contributed by atoms with Crippen LogP contribution in [0.3, 0.4) is 0 Å². The number of nitrogens with one attached hydrogen (secondary N) is 1.